The standard InChI is InChI=1S/C8H16N2O/c1-3-5-11-7-8(6-9)10-4-2/h8,10H,3-5,7H2,1-2H3. The molecular weight excluding hydrogens is 140 g/mol. The molecular formula is C8H16N2O. The molecule has 1 N–H and O–H groups in total. The summed E-state index contributed by atoms with van der Waals surface area (Å²) in [5.74, 6) is 0. The van der Waals surface area contributed by atoms with Crippen molar-refractivity contribution in [3.05, 3.63) is 0 Å². The largest absolute Gasteiger partial charge is 0.379 e. The van der Waals surface area contributed by atoms with Crippen molar-refractivity contribution in [2.45, 2.75) is 26.3 Å². The number of rotatable bonds is 6. The number of likely N-dealkylation sites (N-methyl/N-ethyl adjacent to an activating group) is 1. The molecule has 0 aromatic carbocycles. The van der Waals surface area contributed by atoms with Gasteiger partial charge in [-0.3, -0.25) is 0 Å². The molecule has 0 rings (SSSR count). The lowest BCUT2D eigenvalue weighted by molar-refractivity contribution is 0.124. The van der Waals surface area contributed by atoms with E-state index in [4.69, 9.17) is 10.00 Å². The van der Waals surface area contributed by atoms with Gasteiger partial charge in [-0.25, -0.2) is 0 Å². The Hall–Kier alpha value is -0.590. The molecule has 0 aliphatic heterocycles. The zero-order chi connectivity index (χ0) is 8.53. The molecule has 0 aromatic rings. The lowest BCUT2D eigenvalue weighted by Gasteiger charge is -2.08. The van der Waals surface area contributed by atoms with Gasteiger partial charge in [-0.1, -0.05) is 13.8 Å². The number of hydrogen-bond acceptors (Lipinski definition) is 3. The fraction of sp³-hybridized carbons (Fsp3) is 0.875. The highest BCUT2D eigenvalue weighted by Gasteiger charge is 2.03. The average Bonchev–Trinajstić information content (AvgIpc) is 2.03. The third-order valence-electron chi connectivity index (χ3n) is 1.24. The van der Waals surface area contributed by atoms with Crippen molar-refractivity contribution in [3.8, 4) is 6.07 Å². The Balaban J connectivity index is 3.30. The molecule has 1 unspecified atom stereocenters. The van der Waals surface area contributed by atoms with Gasteiger partial charge in [-0.2, -0.15) is 5.26 Å². The molecule has 0 saturated heterocycles. The lowest BCUT2D eigenvalue weighted by Crippen LogP contribution is -2.31. The van der Waals surface area contributed by atoms with Crippen LogP contribution in [0.5, 0.6) is 0 Å². The van der Waals surface area contributed by atoms with E-state index in [-0.39, 0.29) is 6.04 Å². The van der Waals surface area contributed by atoms with E-state index < -0.39 is 0 Å². The first-order chi connectivity index (χ1) is 5.35. The van der Waals surface area contributed by atoms with Gasteiger partial charge in [0.25, 0.3) is 0 Å². The minimum Gasteiger partial charge on any atom is -0.379 e. The first-order valence-corrected chi connectivity index (χ1v) is 4.05. The molecule has 0 amide bonds. The van der Waals surface area contributed by atoms with E-state index in [1.54, 1.807) is 0 Å². The molecule has 0 heterocycles. The number of nitrogens with one attached hydrogen (secondary N) is 1. The molecule has 0 radical (unpaired) electrons. The number of ether oxygens (including phenoxy) is 1. The van der Waals surface area contributed by atoms with E-state index in [1.807, 2.05) is 6.92 Å². The fourth-order valence-corrected chi connectivity index (χ4v) is 0.734. The minimum absolute atomic E-state index is 0.147. The number of nitrogens with zero attached hydrogens (tertiary/aromatic N) is 1. The summed E-state index contributed by atoms with van der Waals surface area (Å²) in [7, 11) is 0. The van der Waals surface area contributed by atoms with Crippen molar-refractivity contribution in [1.82, 2.24) is 5.32 Å². The maximum absolute atomic E-state index is 8.56. The van der Waals surface area contributed by atoms with Crippen molar-refractivity contribution >= 4 is 0 Å². The van der Waals surface area contributed by atoms with Crippen LogP contribution in [0.15, 0.2) is 0 Å². The summed E-state index contributed by atoms with van der Waals surface area (Å²) in [4.78, 5) is 0. The fourth-order valence-electron chi connectivity index (χ4n) is 0.734. The highest BCUT2D eigenvalue weighted by atomic mass is 16.5. The van der Waals surface area contributed by atoms with Crippen LogP contribution < -0.4 is 5.32 Å². The monoisotopic (exact) mass is 156 g/mol. The maximum Gasteiger partial charge on any atom is 0.119 e. The van der Waals surface area contributed by atoms with E-state index in [0.29, 0.717) is 6.61 Å². The Morgan fingerprint density at radius 3 is 2.73 bits per heavy atom. The summed E-state index contributed by atoms with van der Waals surface area (Å²) in [5.41, 5.74) is 0. The summed E-state index contributed by atoms with van der Waals surface area (Å²) in [5, 5.41) is 11.6. The zero-order valence-corrected chi connectivity index (χ0v) is 7.26. The van der Waals surface area contributed by atoms with Gasteiger partial charge in [0.15, 0.2) is 0 Å². The van der Waals surface area contributed by atoms with Crippen molar-refractivity contribution in [3.63, 3.8) is 0 Å². The normalized spacial score (nSPS) is 12.5. The van der Waals surface area contributed by atoms with Crippen molar-refractivity contribution in [2.24, 2.45) is 0 Å². The second-order valence-corrected chi connectivity index (χ2v) is 2.31. The van der Waals surface area contributed by atoms with Gasteiger partial charge in [0.1, 0.15) is 6.04 Å². The summed E-state index contributed by atoms with van der Waals surface area (Å²) in [6.07, 6.45) is 1.00. The van der Waals surface area contributed by atoms with Crippen LogP contribution in [0.1, 0.15) is 20.3 Å². The molecule has 0 fully saturated rings. The van der Waals surface area contributed by atoms with Crippen molar-refractivity contribution in [2.75, 3.05) is 19.8 Å². The predicted molar refractivity (Wildman–Crippen MR) is 44.2 cm³/mol. The van der Waals surface area contributed by atoms with Crippen LogP contribution in [0.25, 0.3) is 0 Å². The van der Waals surface area contributed by atoms with Crippen LogP contribution in [0, 0.1) is 11.3 Å². The van der Waals surface area contributed by atoms with Crippen LogP contribution in [0.3, 0.4) is 0 Å². The molecule has 64 valence electrons. The number of nitriles is 1. The van der Waals surface area contributed by atoms with Gasteiger partial charge in [-0.15, -0.1) is 0 Å². The van der Waals surface area contributed by atoms with E-state index in [0.717, 1.165) is 19.6 Å². The minimum atomic E-state index is -0.147. The predicted octanol–water partition coefficient (Wildman–Crippen LogP) is 0.915. The third kappa shape index (κ3) is 5.84. The SMILES string of the molecule is CCCOCC(C#N)NCC. The Labute approximate surface area is 68.3 Å². The molecule has 11 heavy (non-hydrogen) atoms. The lowest BCUT2D eigenvalue weighted by atomic mass is 10.3. The smallest absolute Gasteiger partial charge is 0.119 e. The van der Waals surface area contributed by atoms with Gasteiger partial charge in [0.2, 0.25) is 0 Å². The first-order valence-electron chi connectivity index (χ1n) is 4.05. The van der Waals surface area contributed by atoms with Crippen LogP contribution in [-0.4, -0.2) is 25.8 Å². The molecule has 3 nitrogen and oxygen atoms in total. The van der Waals surface area contributed by atoms with E-state index in [2.05, 4.69) is 18.3 Å². The van der Waals surface area contributed by atoms with Crippen molar-refractivity contribution < 1.29 is 4.74 Å². The van der Waals surface area contributed by atoms with Gasteiger partial charge in [0.05, 0.1) is 12.7 Å². The van der Waals surface area contributed by atoms with Gasteiger partial charge in [0, 0.05) is 6.61 Å². The Morgan fingerprint density at radius 2 is 2.27 bits per heavy atom. The van der Waals surface area contributed by atoms with Gasteiger partial charge in [-0.05, 0) is 13.0 Å². The van der Waals surface area contributed by atoms with Crippen LogP contribution >= 0.6 is 0 Å². The second kappa shape index (κ2) is 7.52. The van der Waals surface area contributed by atoms with Gasteiger partial charge < -0.3 is 10.1 Å². The molecule has 0 aliphatic carbocycles. The molecule has 0 aliphatic rings. The molecule has 1 atom stereocenters. The topological polar surface area (TPSA) is 45.0 Å². The zero-order valence-electron chi connectivity index (χ0n) is 7.26. The molecule has 0 aromatic heterocycles. The molecule has 0 spiro atoms. The Kier molecular flexibility index (Phi) is 7.11. The van der Waals surface area contributed by atoms with E-state index >= 15 is 0 Å². The Bertz CT molecular complexity index is 120. The highest BCUT2D eigenvalue weighted by Crippen LogP contribution is 1.85. The molecule has 3 heteroatoms. The highest BCUT2D eigenvalue weighted by molar-refractivity contribution is 4.88. The number of hydrogen-bond donors (Lipinski definition) is 1. The molecule has 0 bridgehead atoms. The first kappa shape index (κ1) is 10.4. The van der Waals surface area contributed by atoms with Crippen LogP contribution in [-0.2, 0) is 4.74 Å². The van der Waals surface area contributed by atoms with Crippen LogP contribution in [0.2, 0.25) is 0 Å². The second-order valence-electron chi connectivity index (χ2n) is 2.31. The average molecular weight is 156 g/mol. The maximum atomic E-state index is 8.56. The van der Waals surface area contributed by atoms with E-state index in [9.17, 15) is 0 Å². The summed E-state index contributed by atoms with van der Waals surface area (Å²) >= 11 is 0. The van der Waals surface area contributed by atoms with E-state index in [1.165, 1.54) is 0 Å². The molecule has 0 saturated carbocycles. The van der Waals surface area contributed by atoms with Crippen LogP contribution in [0.4, 0.5) is 0 Å². The summed E-state index contributed by atoms with van der Waals surface area (Å²) in [6.45, 7) is 6.08. The Morgan fingerprint density at radius 1 is 1.55 bits per heavy atom. The quantitative estimate of drug-likeness (QED) is 0.581. The summed E-state index contributed by atoms with van der Waals surface area (Å²) in [6, 6.07) is 1.98. The van der Waals surface area contributed by atoms with Gasteiger partial charge >= 0.3 is 0 Å². The third-order valence-corrected chi connectivity index (χ3v) is 1.24. The summed E-state index contributed by atoms with van der Waals surface area (Å²) < 4.78 is 5.20. The van der Waals surface area contributed by atoms with Crippen molar-refractivity contribution in [1.29, 1.82) is 5.26 Å².